The molecule has 1 unspecified atom stereocenters. The number of nitrogens with one attached hydrogen (secondary N) is 3. The maximum absolute atomic E-state index is 13.0. The average molecular weight is 420 g/mol. The van der Waals surface area contributed by atoms with Crippen LogP contribution in [0.2, 0.25) is 0 Å². The van der Waals surface area contributed by atoms with Crippen LogP contribution >= 0.6 is 0 Å². The van der Waals surface area contributed by atoms with E-state index in [-0.39, 0.29) is 5.91 Å². The van der Waals surface area contributed by atoms with Gasteiger partial charge in [-0.15, -0.1) is 0 Å². The van der Waals surface area contributed by atoms with Crippen molar-refractivity contribution < 1.29 is 23.6 Å². The molecular weight excluding hydrogens is 400 g/mol. The molecule has 31 heavy (non-hydrogen) atoms. The van der Waals surface area contributed by atoms with Crippen molar-refractivity contribution in [2.24, 2.45) is 0 Å². The molecule has 5 amide bonds. The zero-order chi connectivity index (χ0) is 22.2. The number of amides is 5. The molecule has 1 aliphatic rings. The molecule has 158 valence electrons. The number of hydrogen-bond acceptors (Lipinski definition) is 5. The van der Waals surface area contributed by atoms with Crippen LogP contribution < -0.4 is 16.0 Å². The fourth-order valence-corrected chi connectivity index (χ4v) is 3.43. The van der Waals surface area contributed by atoms with Crippen LogP contribution in [0.25, 0.3) is 11.0 Å². The first-order valence-corrected chi connectivity index (χ1v) is 9.57. The van der Waals surface area contributed by atoms with Gasteiger partial charge in [0.25, 0.3) is 11.8 Å². The summed E-state index contributed by atoms with van der Waals surface area (Å²) in [5.41, 5.74) is 0.0593. The number of fused-ring (bicyclic) bond motifs is 1. The third-order valence-corrected chi connectivity index (χ3v) is 5.15. The minimum Gasteiger partial charge on any atom is -0.458 e. The molecule has 1 aromatic heterocycles. The fourth-order valence-electron chi connectivity index (χ4n) is 3.43. The maximum Gasteiger partial charge on any atom is 0.325 e. The Kier molecular flexibility index (Phi) is 4.94. The number of carbonyl (C=O) groups excluding carboxylic acids is 4. The molecule has 4 rings (SSSR count). The monoisotopic (exact) mass is 420 g/mol. The van der Waals surface area contributed by atoms with E-state index in [2.05, 4.69) is 16.0 Å². The Morgan fingerprint density at radius 3 is 2.48 bits per heavy atom. The van der Waals surface area contributed by atoms with Crippen molar-refractivity contribution in [2.45, 2.75) is 12.5 Å². The predicted molar refractivity (Wildman–Crippen MR) is 112 cm³/mol. The van der Waals surface area contributed by atoms with Crippen LogP contribution in [-0.2, 0) is 15.1 Å². The Morgan fingerprint density at radius 1 is 1.10 bits per heavy atom. The Labute approximate surface area is 177 Å². The molecule has 2 aromatic carbocycles. The van der Waals surface area contributed by atoms with Crippen LogP contribution in [0.15, 0.2) is 59.0 Å². The van der Waals surface area contributed by atoms with Crippen molar-refractivity contribution in [3.63, 3.8) is 0 Å². The second-order valence-electron chi connectivity index (χ2n) is 7.30. The molecule has 0 saturated carbocycles. The SMILES string of the molecule is CNC(=O)c1ccc(NC(=O)CN2C(=O)NC(C)(c3cc4ccccc4o3)C2=O)cc1. The van der Waals surface area contributed by atoms with Crippen molar-refractivity contribution in [1.82, 2.24) is 15.5 Å². The predicted octanol–water partition coefficient (Wildman–Crippen LogP) is 2.20. The lowest BCUT2D eigenvalue weighted by Gasteiger charge is -2.18. The summed E-state index contributed by atoms with van der Waals surface area (Å²) in [4.78, 5) is 50.3. The third kappa shape index (κ3) is 3.61. The smallest absolute Gasteiger partial charge is 0.325 e. The topological polar surface area (TPSA) is 121 Å². The molecule has 9 nitrogen and oxygen atoms in total. The van der Waals surface area contributed by atoms with Gasteiger partial charge in [0.15, 0.2) is 5.54 Å². The molecular formula is C22H20N4O5. The average Bonchev–Trinajstić information content (AvgIpc) is 3.29. The van der Waals surface area contributed by atoms with E-state index in [1.165, 1.54) is 7.05 Å². The van der Waals surface area contributed by atoms with Gasteiger partial charge in [0.2, 0.25) is 5.91 Å². The molecule has 1 aliphatic heterocycles. The van der Waals surface area contributed by atoms with Crippen molar-refractivity contribution in [1.29, 1.82) is 0 Å². The van der Waals surface area contributed by atoms with Gasteiger partial charge in [0, 0.05) is 23.7 Å². The van der Waals surface area contributed by atoms with E-state index in [1.807, 2.05) is 18.2 Å². The number of anilines is 1. The van der Waals surface area contributed by atoms with E-state index < -0.39 is 29.9 Å². The zero-order valence-electron chi connectivity index (χ0n) is 16.9. The van der Waals surface area contributed by atoms with Gasteiger partial charge in [-0.2, -0.15) is 0 Å². The Morgan fingerprint density at radius 2 is 1.81 bits per heavy atom. The van der Waals surface area contributed by atoms with E-state index in [1.54, 1.807) is 43.3 Å². The number of urea groups is 1. The highest BCUT2D eigenvalue weighted by Crippen LogP contribution is 2.32. The molecule has 9 heteroatoms. The molecule has 0 spiro atoms. The van der Waals surface area contributed by atoms with Crippen LogP contribution in [0.4, 0.5) is 10.5 Å². The quantitative estimate of drug-likeness (QED) is 0.547. The van der Waals surface area contributed by atoms with E-state index in [0.29, 0.717) is 22.6 Å². The van der Waals surface area contributed by atoms with Gasteiger partial charge >= 0.3 is 6.03 Å². The van der Waals surface area contributed by atoms with E-state index in [0.717, 1.165) is 10.3 Å². The standard InChI is InChI=1S/C22H20N4O5/c1-22(17-11-14-5-3-4-6-16(14)31-17)20(29)26(21(30)25-22)12-18(27)24-15-9-7-13(8-10-15)19(28)23-2/h3-11H,12H2,1-2H3,(H,23,28)(H,24,27)(H,25,30). The lowest BCUT2D eigenvalue weighted by Crippen LogP contribution is -2.41. The summed E-state index contributed by atoms with van der Waals surface area (Å²) >= 11 is 0. The van der Waals surface area contributed by atoms with Crippen LogP contribution in [-0.4, -0.2) is 42.2 Å². The van der Waals surface area contributed by atoms with Gasteiger partial charge in [0.05, 0.1) is 0 Å². The highest BCUT2D eigenvalue weighted by Gasteiger charge is 2.51. The number of nitrogens with zero attached hydrogens (tertiary/aromatic N) is 1. The molecule has 3 N–H and O–H groups in total. The lowest BCUT2D eigenvalue weighted by atomic mass is 9.99. The summed E-state index contributed by atoms with van der Waals surface area (Å²) in [5, 5.41) is 8.55. The maximum atomic E-state index is 13.0. The second kappa shape index (κ2) is 7.60. The summed E-state index contributed by atoms with van der Waals surface area (Å²) in [7, 11) is 1.52. The van der Waals surface area contributed by atoms with Crippen molar-refractivity contribution in [3.8, 4) is 0 Å². The zero-order valence-corrected chi connectivity index (χ0v) is 16.9. The molecule has 0 aliphatic carbocycles. The summed E-state index contributed by atoms with van der Waals surface area (Å²) < 4.78 is 5.77. The van der Waals surface area contributed by atoms with Gasteiger partial charge in [-0.25, -0.2) is 4.79 Å². The van der Waals surface area contributed by atoms with Crippen molar-refractivity contribution in [2.75, 3.05) is 18.9 Å². The number of rotatable bonds is 5. The van der Waals surface area contributed by atoms with Gasteiger partial charge in [-0.1, -0.05) is 18.2 Å². The molecule has 1 atom stereocenters. The highest BCUT2D eigenvalue weighted by atomic mass is 16.3. The summed E-state index contributed by atoms with van der Waals surface area (Å²) in [6, 6.07) is 14.5. The van der Waals surface area contributed by atoms with Gasteiger partial charge in [0.1, 0.15) is 17.9 Å². The second-order valence-corrected chi connectivity index (χ2v) is 7.30. The van der Waals surface area contributed by atoms with Crippen LogP contribution in [0.5, 0.6) is 0 Å². The van der Waals surface area contributed by atoms with Crippen LogP contribution in [0.1, 0.15) is 23.0 Å². The molecule has 1 fully saturated rings. The van der Waals surface area contributed by atoms with Gasteiger partial charge < -0.3 is 20.4 Å². The molecule has 0 bridgehead atoms. The number of benzene rings is 2. The first-order valence-electron chi connectivity index (χ1n) is 9.57. The summed E-state index contributed by atoms with van der Waals surface area (Å²) in [6.45, 7) is 1.08. The first-order chi connectivity index (χ1) is 14.8. The number of furan rings is 1. The lowest BCUT2D eigenvalue weighted by molar-refractivity contribution is -0.134. The van der Waals surface area contributed by atoms with Crippen LogP contribution in [0, 0.1) is 0 Å². The molecule has 0 radical (unpaired) electrons. The molecule has 1 saturated heterocycles. The van der Waals surface area contributed by atoms with E-state index in [9.17, 15) is 19.2 Å². The van der Waals surface area contributed by atoms with Crippen LogP contribution in [0.3, 0.4) is 0 Å². The normalized spacial score (nSPS) is 18.2. The number of imide groups is 1. The summed E-state index contributed by atoms with van der Waals surface area (Å²) in [5.74, 6) is -1.09. The number of carbonyl (C=O) groups is 4. The Hall–Kier alpha value is -4.14. The van der Waals surface area contributed by atoms with Gasteiger partial charge in [-0.05, 0) is 43.3 Å². The molecule has 3 aromatic rings. The van der Waals surface area contributed by atoms with Crippen molar-refractivity contribution >= 4 is 40.4 Å². The largest absolute Gasteiger partial charge is 0.458 e. The molecule has 2 heterocycles. The number of para-hydroxylation sites is 1. The highest BCUT2D eigenvalue weighted by molar-refractivity contribution is 6.10. The summed E-state index contributed by atoms with van der Waals surface area (Å²) in [6.07, 6.45) is 0. The Bertz CT molecular complexity index is 1170. The van der Waals surface area contributed by atoms with E-state index in [4.69, 9.17) is 4.42 Å². The van der Waals surface area contributed by atoms with Gasteiger partial charge in [-0.3, -0.25) is 19.3 Å². The van der Waals surface area contributed by atoms with Crippen molar-refractivity contribution in [3.05, 3.63) is 65.9 Å². The third-order valence-electron chi connectivity index (χ3n) is 5.15. The fraction of sp³-hybridized carbons (Fsp3) is 0.182. The first kappa shape index (κ1) is 20.1. The number of hydrogen-bond donors (Lipinski definition) is 3. The minimum atomic E-state index is -1.41. The Balaban J connectivity index is 1.47. The van der Waals surface area contributed by atoms with E-state index >= 15 is 0 Å². The minimum absolute atomic E-state index is 0.248.